The van der Waals surface area contributed by atoms with Crippen molar-refractivity contribution in [1.29, 1.82) is 0 Å². The van der Waals surface area contributed by atoms with Crippen LogP contribution in [0.1, 0.15) is 37.7 Å². The maximum atomic E-state index is 13.0. The molecule has 0 radical (unpaired) electrons. The number of rotatable bonds is 5. The summed E-state index contributed by atoms with van der Waals surface area (Å²) in [4.78, 5) is 11.9. The average molecular weight is 283 g/mol. The van der Waals surface area contributed by atoms with Crippen LogP contribution in [0.4, 0.5) is 8.78 Å². The van der Waals surface area contributed by atoms with E-state index in [1.165, 1.54) is 6.07 Å². The molecule has 1 amide bonds. The SMILES string of the molecule is O=C(CCc1ccc(F)c(F)c1)NC1(CO)CCCC1. The summed E-state index contributed by atoms with van der Waals surface area (Å²) in [5.41, 5.74) is 0.106. The van der Waals surface area contributed by atoms with Gasteiger partial charge in [0.1, 0.15) is 0 Å². The van der Waals surface area contributed by atoms with Gasteiger partial charge >= 0.3 is 0 Å². The lowest BCUT2D eigenvalue weighted by molar-refractivity contribution is -0.123. The summed E-state index contributed by atoms with van der Waals surface area (Å²) in [6, 6.07) is 3.65. The van der Waals surface area contributed by atoms with Crippen molar-refractivity contribution in [2.45, 2.75) is 44.1 Å². The molecule has 1 aromatic rings. The summed E-state index contributed by atoms with van der Waals surface area (Å²) in [5.74, 6) is -1.94. The van der Waals surface area contributed by atoms with Gasteiger partial charge in [-0.25, -0.2) is 8.78 Å². The topological polar surface area (TPSA) is 49.3 Å². The molecule has 2 N–H and O–H groups in total. The second-order valence-electron chi connectivity index (χ2n) is 5.44. The minimum Gasteiger partial charge on any atom is -0.394 e. The summed E-state index contributed by atoms with van der Waals surface area (Å²) < 4.78 is 25.8. The van der Waals surface area contributed by atoms with Crippen molar-refractivity contribution in [3.05, 3.63) is 35.4 Å². The lowest BCUT2D eigenvalue weighted by Gasteiger charge is -2.28. The van der Waals surface area contributed by atoms with Gasteiger partial charge in [-0.2, -0.15) is 0 Å². The lowest BCUT2D eigenvalue weighted by Crippen LogP contribution is -2.49. The van der Waals surface area contributed by atoms with Gasteiger partial charge in [0.05, 0.1) is 12.1 Å². The second kappa shape index (κ2) is 6.31. The number of aryl methyl sites for hydroxylation is 1. The number of amides is 1. The molecule has 1 fully saturated rings. The molecule has 0 aromatic heterocycles. The van der Waals surface area contributed by atoms with E-state index in [1.807, 2.05) is 0 Å². The minimum atomic E-state index is -0.898. The van der Waals surface area contributed by atoms with Crippen molar-refractivity contribution in [3.63, 3.8) is 0 Å². The molecule has 1 aromatic carbocycles. The minimum absolute atomic E-state index is 0.0517. The fraction of sp³-hybridized carbons (Fsp3) is 0.533. The zero-order chi connectivity index (χ0) is 14.6. The Kier molecular flexibility index (Phi) is 4.70. The first-order chi connectivity index (χ1) is 9.54. The Bertz CT molecular complexity index is 485. The maximum absolute atomic E-state index is 13.0. The molecular formula is C15H19F2NO2. The third-order valence-corrected chi connectivity index (χ3v) is 3.89. The van der Waals surface area contributed by atoms with Crippen LogP contribution in [0.2, 0.25) is 0 Å². The van der Waals surface area contributed by atoms with E-state index in [0.29, 0.717) is 12.0 Å². The summed E-state index contributed by atoms with van der Waals surface area (Å²) in [6.07, 6.45) is 4.15. The fourth-order valence-electron chi connectivity index (χ4n) is 2.69. The van der Waals surface area contributed by atoms with E-state index in [-0.39, 0.29) is 18.9 Å². The van der Waals surface area contributed by atoms with Gasteiger partial charge in [-0.1, -0.05) is 18.9 Å². The number of hydrogen-bond acceptors (Lipinski definition) is 2. The van der Waals surface area contributed by atoms with E-state index < -0.39 is 17.2 Å². The molecule has 0 spiro atoms. The van der Waals surface area contributed by atoms with Crippen molar-refractivity contribution in [2.24, 2.45) is 0 Å². The standard InChI is InChI=1S/C15H19F2NO2/c16-12-5-3-11(9-13(12)17)4-6-14(20)18-15(10-19)7-1-2-8-15/h3,5,9,19H,1-2,4,6-8,10H2,(H,18,20). The first-order valence-corrected chi connectivity index (χ1v) is 6.90. The number of carbonyl (C=O) groups excluding carboxylic acids is 1. The van der Waals surface area contributed by atoms with Gasteiger partial charge in [0.2, 0.25) is 5.91 Å². The molecule has 0 unspecified atom stereocenters. The Labute approximate surface area is 117 Å². The highest BCUT2D eigenvalue weighted by molar-refractivity contribution is 5.77. The maximum Gasteiger partial charge on any atom is 0.220 e. The van der Waals surface area contributed by atoms with Crippen LogP contribution in [0.3, 0.4) is 0 Å². The molecule has 1 aliphatic carbocycles. The van der Waals surface area contributed by atoms with Crippen molar-refractivity contribution in [2.75, 3.05) is 6.61 Å². The summed E-state index contributed by atoms with van der Waals surface area (Å²) >= 11 is 0. The predicted molar refractivity (Wildman–Crippen MR) is 71.1 cm³/mol. The zero-order valence-electron chi connectivity index (χ0n) is 11.3. The van der Waals surface area contributed by atoms with Crippen LogP contribution in [0, 0.1) is 11.6 Å². The van der Waals surface area contributed by atoms with E-state index >= 15 is 0 Å². The number of halogens is 2. The molecule has 0 aliphatic heterocycles. The monoisotopic (exact) mass is 283 g/mol. The number of carbonyl (C=O) groups is 1. The van der Waals surface area contributed by atoms with Crippen molar-refractivity contribution in [1.82, 2.24) is 5.32 Å². The normalized spacial score (nSPS) is 17.1. The van der Waals surface area contributed by atoms with Crippen molar-refractivity contribution in [3.8, 4) is 0 Å². The van der Waals surface area contributed by atoms with Gasteiger partial charge in [-0.05, 0) is 37.0 Å². The van der Waals surface area contributed by atoms with Gasteiger partial charge < -0.3 is 10.4 Å². The summed E-state index contributed by atoms with van der Waals surface area (Å²) in [6.45, 7) is -0.0517. The molecule has 0 atom stereocenters. The van der Waals surface area contributed by atoms with E-state index in [9.17, 15) is 18.7 Å². The predicted octanol–water partition coefficient (Wildman–Crippen LogP) is 2.32. The van der Waals surface area contributed by atoms with Crippen LogP contribution in [0.25, 0.3) is 0 Å². The highest BCUT2D eigenvalue weighted by atomic mass is 19.2. The Balaban J connectivity index is 1.87. The molecule has 0 heterocycles. The Morgan fingerprint density at radius 1 is 1.25 bits per heavy atom. The van der Waals surface area contributed by atoms with Crippen LogP contribution in [-0.2, 0) is 11.2 Å². The Morgan fingerprint density at radius 2 is 1.95 bits per heavy atom. The highest BCUT2D eigenvalue weighted by Crippen LogP contribution is 2.29. The highest BCUT2D eigenvalue weighted by Gasteiger charge is 2.34. The first-order valence-electron chi connectivity index (χ1n) is 6.90. The van der Waals surface area contributed by atoms with Crippen LogP contribution in [0.5, 0.6) is 0 Å². The molecule has 0 bridgehead atoms. The smallest absolute Gasteiger partial charge is 0.220 e. The van der Waals surface area contributed by atoms with Gasteiger partial charge in [0.15, 0.2) is 11.6 Å². The lowest BCUT2D eigenvalue weighted by atomic mass is 9.98. The van der Waals surface area contributed by atoms with Gasteiger partial charge in [0.25, 0.3) is 0 Å². The van der Waals surface area contributed by atoms with E-state index in [0.717, 1.165) is 37.8 Å². The molecule has 3 nitrogen and oxygen atoms in total. The van der Waals surface area contributed by atoms with E-state index in [1.54, 1.807) is 0 Å². The van der Waals surface area contributed by atoms with Crippen LogP contribution < -0.4 is 5.32 Å². The fourth-order valence-corrected chi connectivity index (χ4v) is 2.69. The second-order valence-corrected chi connectivity index (χ2v) is 5.44. The Morgan fingerprint density at radius 3 is 2.55 bits per heavy atom. The quantitative estimate of drug-likeness (QED) is 0.871. The summed E-state index contributed by atoms with van der Waals surface area (Å²) in [7, 11) is 0. The number of aliphatic hydroxyl groups excluding tert-OH is 1. The third kappa shape index (κ3) is 3.54. The van der Waals surface area contributed by atoms with Gasteiger partial charge in [0, 0.05) is 6.42 Å². The first kappa shape index (κ1) is 14.9. The molecule has 1 saturated carbocycles. The van der Waals surface area contributed by atoms with Crippen LogP contribution in [0.15, 0.2) is 18.2 Å². The van der Waals surface area contributed by atoms with Crippen LogP contribution in [-0.4, -0.2) is 23.2 Å². The molecule has 110 valence electrons. The Hall–Kier alpha value is -1.49. The summed E-state index contributed by atoms with van der Waals surface area (Å²) in [5, 5.41) is 12.3. The molecule has 5 heteroatoms. The average Bonchev–Trinajstić information content (AvgIpc) is 2.89. The van der Waals surface area contributed by atoms with Crippen molar-refractivity contribution >= 4 is 5.91 Å². The zero-order valence-corrected chi connectivity index (χ0v) is 11.3. The number of nitrogens with one attached hydrogen (secondary N) is 1. The van der Waals surface area contributed by atoms with Gasteiger partial charge in [-0.15, -0.1) is 0 Å². The molecule has 20 heavy (non-hydrogen) atoms. The molecule has 0 saturated heterocycles. The van der Waals surface area contributed by atoms with Gasteiger partial charge in [-0.3, -0.25) is 4.79 Å². The molecular weight excluding hydrogens is 264 g/mol. The largest absolute Gasteiger partial charge is 0.394 e. The molecule has 2 rings (SSSR count). The third-order valence-electron chi connectivity index (χ3n) is 3.89. The van der Waals surface area contributed by atoms with E-state index in [2.05, 4.69) is 5.32 Å². The molecule has 1 aliphatic rings. The number of aliphatic hydroxyl groups is 1. The number of benzene rings is 1. The van der Waals surface area contributed by atoms with E-state index in [4.69, 9.17) is 0 Å². The number of hydrogen-bond donors (Lipinski definition) is 2. The van der Waals surface area contributed by atoms with Crippen molar-refractivity contribution < 1.29 is 18.7 Å². The van der Waals surface area contributed by atoms with Crippen LogP contribution >= 0.6 is 0 Å².